The maximum atomic E-state index is 11.3. The second kappa shape index (κ2) is 4.48. The van der Waals surface area contributed by atoms with Gasteiger partial charge in [0.25, 0.3) is 0 Å². The van der Waals surface area contributed by atoms with Crippen molar-refractivity contribution in [2.45, 2.75) is 13.8 Å². The number of esters is 1. The highest BCUT2D eigenvalue weighted by molar-refractivity contribution is 5.90. The third-order valence-electron chi connectivity index (χ3n) is 1.90. The summed E-state index contributed by atoms with van der Waals surface area (Å²) in [5, 5.41) is 0. The van der Waals surface area contributed by atoms with Crippen molar-refractivity contribution < 1.29 is 9.53 Å². The molecule has 0 bridgehead atoms. The summed E-state index contributed by atoms with van der Waals surface area (Å²) in [6.45, 7) is 4.05. The highest BCUT2D eigenvalue weighted by Gasteiger charge is 2.07. The van der Waals surface area contributed by atoms with E-state index in [0.717, 1.165) is 11.1 Å². The van der Waals surface area contributed by atoms with Gasteiger partial charge in [-0.1, -0.05) is 12.0 Å². The maximum absolute atomic E-state index is 11.3. The Morgan fingerprint density at radius 2 is 2.29 bits per heavy atom. The van der Waals surface area contributed by atoms with E-state index in [4.69, 9.17) is 11.2 Å². The molecule has 2 heteroatoms. The lowest BCUT2D eigenvalue weighted by molar-refractivity contribution is 0.0526. The third kappa shape index (κ3) is 2.14. The molecule has 0 saturated carbocycles. The maximum Gasteiger partial charge on any atom is 0.338 e. The first-order valence-electron chi connectivity index (χ1n) is 4.43. The Hall–Kier alpha value is -1.75. The summed E-state index contributed by atoms with van der Waals surface area (Å²) in [5.41, 5.74) is 2.22. The minimum atomic E-state index is -0.330. The molecule has 14 heavy (non-hydrogen) atoms. The van der Waals surface area contributed by atoms with Crippen LogP contribution in [0.5, 0.6) is 0 Å². The first kappa shape index (κ1) is 10.3. The van der Waals surface area contributed by atoms with Crippen molar-refractivity contribution in [3.8, 4) is 12.3 Å². The molecule has 1 rings (SSSR count). The van der Waals surface area contributed by atoms with Crippen LogP contribution in [0.4, 0.5) is 0 Å². The summed E-state index contributed by atoms with van der Waals surface area (Å²) in [5.74, 6) is 2.20. The minimum absolute atomic E-state index is 0.330. The predicted molar refractivity (Wildman–Crippen MR) is 55.1 cm³/mol. The summed E-state index contributed by atoms with van der Waals surface area (Å²) in [6, 6.07) is 5.21. The van der Waals surface area contributed by atoms with Crippen molar-refractivity contribution >= 4 is 5.97 Å². The van der Waals surface area contributed by atoms with Gasteiger partial charge in [-0.15, -0.1) is 6.42 Å². The van der Waals surface area contributed by atoms with E-state index in [-0.39, 0.29) is 5.97 Å². The Kier molecular flexibility index (Phi) is 3.30. The molecule has 0 atom stereocenters. The van der Waals surface area contributed by atoms with E-state index in [0.29, 0.717) is 12.2 Å². The van der Waals surface area contributed by atoms with Crippen LogP contribution in [-0.2, 0) is 4.74 Å². The molecule has 0 amide bonds. The number of hydrogen-bond donors (Lipinski definition) is 0. The van der Waals surface area contributed by atoms with E-state index in [2.05, 4.69) is 5.92 Å². The van der Waals surface area contributed by atoms with Crippen molar-refractivity contribution in [3.05, 3.63) is 34.9 Å². The molecule has 0 saturated heterocycles. The molecule has 1 aromatic rings. The first-order valence-corrected chi connectivity index (χ1v) is 4.43. The number of terminal acetylenes is 1. The van der Waals surface area contributed by atoms with Crippen LogP contribution in [0, 0.1) is 19.3 Å². The molecular weight excluding hydrogens is 176 g/mol. The fraction of sp³-hybridized carbons (Fsp3) is 0.250. The van der Waals surface area contributed by atoms with Crippen LogP contribution in [-0.4, -0.2) is 12.6 Å². The molecule has 0 aromatic heterocycles. The lowest BCUT2D eigenvalue weighted by atomic mass is 10.1. The predicted octanol–water partition coefficient (Wildman–Crippen LogP) is 2.15. The van der Waals surface area contributed by atoms with Gasteiger partial charge >= 0.3 is 5.97 Å². The second-order valence-electron chi connectivity index (χ2n) is 2.89. The molecule has 0 aliphatic rings. The average Bonchev–Trinajstić information content (AvgIpc) is 2.19. The van der Waals surface area contributed by atoms with E-state index in [1.807, 2.05) is 13.0 Å². The Balaban J connectivity index is 3.02. The highest BCUT2D eigenvalue weighted by atomic mass is 16.5. The van der Waals surface area contributed by atoms with Crippen LogP contribution in [0.1, 0.15) is 28.4 Å². The number of carbonyl (C=O) groups excluding carboxylic acids is 1. The van der Waals surface area contributed by atoms with Crippen LogP contribution >= 0.6 is 0 Å². The second-order valence-corrected chi connectivity index (χ2v) is 2.89. The highest BCUT2D eigenvalue weighted by Crippen LogP contribution is 2.10. The largest absolute Gasteiger partial charge is 0.462 e. The molecule has 0 spiro atoms. The van der Waals surface area contributed by atoms with Crippen LogP contribution in [0.3, 0.4) is 0 Å². The standard InChI is InChI=1S/C12H12O2/c1-4-10-8-11(7-6-9(10)3)12(13)14-5-2/h1,6-8H,5H2,2-3H3. The summed E-state index contributed by atoms with van der Waals surface area (Å²) >= 11 is 0. The molecule has 72 valence electrons. The molecule has 0 fully saturated rings. The number of aryl methyl sites for hydroxylation is 1. The fourth-order valence-electron chi connectivity index (χ4n) is 1.12. The summed E-state index contributed by atoms with van der Waals surface area (Å²) in [4.78, 5) is 11.3. The SMILES string of the molecule is C#Cc1cc(C(=O)OCC)ccc1C. The van der Waals surface area contributed by atoms with Crippen LogP contribution in [0.25, 0.3) is 0 Å². The van der Waals surface area contributed by atoms with Gasteiger partial charge in [0.15, 0.2) is 0 Å². The molecule has 0 N–H and O–H groups in total. The zero-order valence-corrected chi connectivity index (χ0v) is 8.33. The molecular formula is C12H12O2. The smallest absolute Gasteiger partial charge is 0.338 e. The third-order valence-corrected chi connectivity index (χ3v) is 1.90. The normalized spacial score (nSPS) is 9.21. The van der Waals surface area contributed by atoms with E-state index >= 15 is 0 Å². The number of rotatable bonds is 2. The number of ether oxygens (including phenoxy) is 1. The molecule has 0 aliphatic carbocycles. The molecule has 0 radical (unpaired) electrons. The summed E-state index contributed by atoms with van der Waals surface area (Å²) in [6.07, 6.45) is 5.29. The van der Waals surface area contributed by atoms with Gasteiger partial charge in [-0.3, -0.25) is 0 Å². The number of hydrogen-bond acceptors (Lipinski definition) is 2. The van der Waals surface area contributed by atoms with Crippen molar-refractivity contribution in [1.82, 2.24) is 0 Å². The van der Waals surface area contributed by atoms with Crippen LogP contribution < -0.4 is 0 Å². The Bertz CT molecular complexity index is 386. The monoisotopic (exact) mass is 188 g/mol. The molecule has 0 unspecified atom stereocenters. The van der Waals surface area contributed by atoms with Crippen molar-refractivity contribution in [2.75, 3.05) is 6.61 Å². The van der Waals surface area contributed by atoms with Crippen molar-refractivity contribution in [2.24, 2.45) is 0 Å². The summed E-state index contributed by atoms with van der Waals surface area (Å²) in [7, 11) is 0. The van der Waals surface area contributed by atoms with Gasteiger partial charge < -0.3 is 4.74 Å². The van der Waals surface area contributed by atoms with Crippen LogP contribution in [0.2, 0.25) is 0 Å². The molecule has 2 nitrogen and oxygen atoms in total. The van der Waals surface area contributed by atoms with Gasteiger partial charge in [-0.2, -0.15) is 0 Å². The summed E-state index contributed by atoms with van der Waals surface area (Å²) < 4.78 is 4.86. The van der Waals surface area contributed by atoms with Crippen molar-refractivity contribution in [3.63, 3.8) is 0 Å². The molecule has 0 aliphatic heterocycles. The van der Waals surface area contributed by atoms with Gasteiger partial charge in [0.1, 0.15) is 0 Å². The first-order chi connectivity index (χ1) is 6.69. The topological polar surface area (TPSA) is 26.3 Å². The Morgan fingerprint density at radius 1 is 1.57 bits per heavy atom. The van der Waals surface area contributed by atoms with E-state index in [1.54, 1.807) is 19.1 Å². The zero-order valence-electron chi connectivity index (χ0n) is 8.33. The number of carbonyl (C=O) groups is 1. The average molecular weight is 188 g/mol. The number of benzene rings is 1. The lowest BCUT2D eigenvalue weighted by Crippen LogP contribution is -2.05. The van der Waals surface area contributed by atoms with Gasteiger partial charge in [0, 0.05) is 5.56 Å². The zero-order chi connectivity index (χ0) is 10.6. The minimum Gasteiger partial charge on any atom is -0.462 e. The van der Waals surface area contributed by atoms with Crippen molar-refractivity contribution in [1.29, 1.82) is 0 Å². The quantitative estimate of drug-likeness (QED) is 0.525. The van der Waals surface area contributed by atoms with Gasteiger partial charge in [-0.25, -0.2) is 4.79 Å². The van der Waals surface area contributed by atoms with Gasteiger partial charge in [-0.05, 0) is 31.5 Å². The van der Waals surface area contributed by atoms with Gasteiger partial charge in [0.2, 0.25) is 0 Å². The molecule has 0 heterocycles. The molecule has 1 aromatic carbocycles. The fourth-order valence-corrected chi connectivity index (χ4v) is 1.12. The van der Waals surface area contributed by atoms with E-state index in [1.165, 1.54) is 0 Å². The Labute approximate surface area is 83.9 Å². The van der Waals surface area contributed by atoms with E-state index in [9.17, 15) is 4.79 Å². The van der Waals surface area contributed by atoms with E-state index < -0.39 is 0 Å². The van der Waals surface area contributed by atoms with Crippen LogP contribution in [0.15, 0.2) is 18.2 Å². The van der Waals surface area contributed by atoms with Gasteiger partial charge in [0.05, 0.1) is 12.2 Å². The lowest BCUT2D eigenvalue weighted by Gasteiger charge is -2.03. The Morgan fingerprint density at radius 3 is 2.86 bits per heavy atom.